The largest absolute Gasteiger partial charge is 0.481 e. The second-order valence-electron chi connectivity index (χ2n) is 7.59. The Kier molecular flexibility index (Phi) is 4.37. The van der Waals surface area contributed by atoms with Gasteiger partial charge in [0.1, 0.15) is 5.69 Å². The number of hydrogen-bond donors (Lipinski definition) is 2. The lowest BCUT2D eigenvalue weighted by atomic mass is 9.89. The van der Waals surface area contributed by atoms with E-state index in [9.17, 15) is 14.7 Å². The van der Waals surface area contributed by atoms with Gasteiger partial charge >= 0.3 is 5.97 Å². The molecule has 1 aliphatic heterocycles. The number of nitrogens with zero attached hydrogens (tertiary/aromatic N) is 2. The summed E-state index contributed by atoms with van der Waals surface area (Å²) in [5.74, 6) is -1.91. The first-order chi connectivity index (χ1) is 11.8. The predicted molar refractivity (Wildman–Crippen MR) is 93.5 cm³/mol. The number of nitrogens with one attached hydrogen (secondary N) is 1. The van der Waals surface area contributed by atoms with Crippen molar-refractivity contribution in [2.75, 3.05) is 13.1 Å². The highest BCUT2D eigenvalue weighted by Crippen LogP contribution is 2.33. The summed E-state index contributed by atoms with van der Waals surface area (Å²) in [6.07, 6.45) is 0. The van der Waals surface area contributed by atoms with Crippen molar-refractivity contribution in [3.05, 3.63) is 53.3 Å². The summed E-state index contributed by atoms with van der Waals surface area (Å²) >= 11 is 0. The van der Waals surface area contributed by atoms with Gasteiger partial charge in [0.25, 0.3) is 5.91 Å². The lowest BCUT2D eigenvalue weighted by Crippen LogP contribution is -2.30. The number of H-pyrrole nitrogens is 1. The summed E-state index contributed by atoms with van der Waals surface area (Å²) in [7, 11) is 0. The molecule has 1 fully saturated rings. The van der Waals surface area contributed by atoms with Crippen LogP contribution >= 0.6 is 0 Å². The third kappa shape index (κ3) is 3.43. The minimum absolute atomic E-state index is 0.132. The van der Waals surface area contributed by atoms with E-state index in [-0.39, 0.29) is 23.8 Å². The van der Waals surface area contributed by atoms with E-state index < -0.39 is 11.9 Å². The van der Waals surface area contributed by atoms with Crippen LogP contribution in [0.1, 0.15) is 48.4 Å². The number of carbonyl (C=O) groups is 2. The van der Waals surface area contributed by atoms with E-state index in [0.29, 0.717) is 12.2 Å². The highest BCUT2D eigenvalue weighted by atomic mass is 16.4. The lowest BCUT2D eigenvalue weighted by Gasteiger charge is -2.16. The Labute approximate surface area is 146 Å². The fraction of sp³-hybridized carbons (Fsp3) is 0.421. The number of amides is 1. The van der Waals surface area contributed by atoms with Gasteiger partial charge in [-0.3, -0.25) is 14.7 Å². The number of aliphatic carboxylic acids is 1. The van der Waals surface area contributed by atoms with E-state index in [1.807, 2.05) is 51.1 Å². The van der Waals surface area contributed by atoms with Crippen molar-refractivity contribution < 1.29 is 14.7 Å². The maximum atomic E-state index is 12.8. The van der Waals surface area contributed by atoms with Gasteiger partial charge in [0, 0.05) is 30.1 Å². The molecule has 2 atom stereocenters. The number of likely N-dealkylation sites (tertiary alicyclic amines) is 1. The SMILES string of the molecule is CC(C)(C)c1cc(C(=O)N2CC(C(=O)O)C(c3ccccc3)C2)n[nH]1. The normalized spacial score (nSPS) is 20.7. The molecule has 6 heteroatoms. The first kappa shape index (κ1) is 17.2. The molecule has 2 N–H and O–H groups in total. The van der Waals surface area contributed by atoms with Gasteiger partial charge in [0.2, 0.25) is 0 Å². The molecule has 2 heterocycles. The van der Waals surface area contributed by atoms with Crippen molar-refractivity contribution in [2.24, 2.45) is 5.92 Å². The third-order valence-corrected chi connectivity index (χ3v) is 4.76. The number of carbonyl (C=O) groups excluding carboxylic acids is 1. The molecule has 0 bridgehead atoms. The van der Waals surface area contributed by atoms with Crippen LogP contribution in [-0.2, 0) is 10.2 Å². The Morgan fingerprint density at radius 1 is 1.20 bits per heavy atom. The lowest BCUT2D eigenvalue weighted by molar-refractivity contribution is -0.141. The predicted octanol–water partition coefficient (Wildman–Crippen LogP) is 2.65. The Bertz CT molecular complexity index is 777. The number of aromatic nitrogens is 2. The van der Waals surface area contributed by atoms with Crippen LogP contribution in [0.15, 0.2) is 36.4 Å². The van der Waals surface area contributed by atoms with Crippen LogP contribution in [0.4, 0.5) is 0 Å². The molecule has 25 heavy (non-hydrogen) atoms. The van der Waals surface area contributed by atoms with Crippen molar-refractivity contribution in [1.29, 1.82) is 0 Å². The number of benzene rings is 1. The van der Waals surface area contributed by atoms with Crippen molar-refractivity contribution >= 4 is 11.9 Å². The Hall–Kier alpha value is -2.63. The summed E-state index contributed by atoms with van der Waals surface area (Å²) in [4.78, 5) is 26.0. The summed E-state index contributed by atoms with van der Waals surface area (Å²) in [6.45, 7) is 6.70. The standard InChI is InChI=1S/C19H23N3O3/c1-19(2,3)16-9-15(20-21-16)17(23)22-10-13(14(11-22)18(24)25)12-7-5-4-6-8-12/h4-9,13-14H,10-11H2,1-3H3,(H,20,21)(H,24,25). The molecule has 0 aliphatic carbocycles. The van der Waals surface area contributed by atoms with Gasteiger partial charge in [-0.1, -0.05) is 51.1 Å². The van der Waals surface area contributed by atoms with Gasteiger partial charge in [-0.15, -0.1) is 0 Å². The molecular formula is C19H23N3O3. The van der Waals surface area contributed by atoms with Gasteiger partial charge in [-0.25, -0.2) is 0 Å². The molecule has 3 rings (SSSR count). The first-order valence-electron chi connectivity index (χ1n) is 8.40. The van der Waals surface area contributed by atoms with Crippen molar-refractivity contribution in [2.45, 2.75) is 32.1 Å². The fourth-order valence-electron chi connectivity index (χ4n) is 3.24. The molecule has 0 radical (unpaired) electrons. The van der Waals surface area contributed by atoms with Gasteiger partial charge < -0.3 is 10.0 Å². The molecule has 0 spiro atoms. The molecule has 1 amide bonds. The second kappa shape index (κ2) is 6.35. The van der Waals surface area contributed by atoms with E-state index in [1.54, 1.807) is 11.0 Å². The average molecular weight is 341 g/mol. The number of carboxylic acids is 1. The first-order valence-corrected chi connectivity index (χ1v) is 8.40. The maximum Gasteiger partial charge on any atom is 0.308 e. The summed E-state index contributed by atoms with van der Waals surface area (Å²) in [5, 5.41) is 16.6. The number of rotatable bonds is 3. The van der Waals surface area contributed by atoms with Crippen LogP contribution in [0.3, 0.4) is 0 Å². The van der Waals surface area contributed by atoms with Crippen molar-refractivity contribution in [3.63, 3.8) is 0 Å². The maximum absolute atomic E-state index is 12.8. The third-order valence-electron chi connectivity index (χ3n) is 4.76. The molecule has 2 aromatic rings. The Morgan fingerprint density at radius 2 is 1.88 bits per heavy atom. The quantitative estimate of drug-likeness (QED) is 0.898. The monoisotopic (exact) mass is 341 g/mol. The smallest absolute Gasteiger partial charge is 0.308 e. The van der Waals surface area contributed by atoms with Gasteiger partial charge in [0.15, 0.2) is 0 Å². The van der Waals surface area contributed by atoms with Crippen molar-refractivity contribution in [1.82, 2.24) is 15.1 Å². The minimum atomic E-state index is -0.874. The number of carboxylic acid groups (broad SMARTS) is 1. The van der Waals surface area contributed by atoms with Crippen LogP contribution in [0, 0.1) is 5.92 Å². The summed E-state index contributed by atoms with van der Waals surface area (Å²) in [6, 6.07) is 11.3. The van der Waals surface area contributed by atoms with E-state index in [0.717, 1.165) is 11.3 Å². The van der Waals surface area contributed by atoms with E-state index in [4.69, 9.17) is 0 Å². The highest BCUT2D eigenvalue weighted by molar-refractivity contribution is 5.93. The van der Waals surface area contributed by atoms with Crippen LogP contribution < -0.4 is 0 Å². The van der Waals surface area contributed by atoms with Crippen LogP contribution in [0.5, 0.6) is 0 Å². The topological polar surface area (TPSA) is 86.3 Å². The fourth-order valence-corrected chi connectivity index (χ4v) is 3.24. The van der Waals surface area contributed by atoms with Crippen LogP contribution in [-0.4, -0.2) is 45.2 Å². The summed E-state index contributed by atoms with van der Waals surface area (Å²) in [5.41, 5.74) is 2.03. The number of aromatic amines is 1. The Morgan fingerprint density at radius 3 is 2.44 bits per heavy atom. The van der Waals surface area contributed by atoms with E-state index >= 15 is 0 Å². The average Bonchev–Trinajstić information content (AvgIpc) is 3.22. The molecule has 132 valence electrons. The van der Waals surface area contributed by atoms with E-state index in [2.05, 4.69) is 10.2 Å². The van der Waals surface area contributed by atoms with Gasteiger partial charge in [0.05, 0.1) is 5.92 Å². The summed E-state index contributed by atoms with van der Waals surface area (Å²) < 4.78 is 0. The zero-order chi connectivity index (χ0) is 18.2. The second-order valence-corrected chi connectivity index (χ2v) is 7.59. The molecule has 1 aliphatic rings. The van der Waals surface area contributed by atoms with Crippen molar-refractivity contribution in [3.8, 4) is 0 Å². The minimum Gasteiger partial charge on any atom is -0.481 e. The highest BCUT2D eigenvalue weighted by Gasteiger charge is 2.41. The zero-order valence-electron chi connectivity index (χ0n) is 14.7. The molecular weight excluding hydrogens is 318 g/mol. The number of hydrogen-bond acceptors (Lipinski definition) is 3. The molecule has 0 saturated carbocycles. The molecule has 1 saturated heterocycles. The Balaban J connectivity index is 1.82. The van der Waals surface area contributed by atoms with Crippen LogP contribution in [0.25, 0.3) is 0 Å². The van der Waals surface area contributed by atoms with Gasteiger partial charge in [-0.05, 0) is 11.6 Å². The van der Waals surface area contributed by atoms with Crippen LogP contribution in [0.2, 0.25) is 0 Å². The van der Waals surface area contributed by atoms with Gasteiger partial charge in [-0.2, -0.15) is 5.10 Å². The molecule has 1 aromatic carbocycles. The van der Waals surface area contributed by atoms with E-state index in [1.165, 1.54) is 0 Å². The molecule has 2 unspecified atom stereocenters. The zero-order valence-corrected chi connectivity index (χ0v) is 14.7. The molecule has 6 nitrogen and oxygen atoms in total. The molecule has 1 aromatic heterocycles.